The minimum absolute atomic E-state index is 0.00632. The number of benzene rings is 2. The maximum Gasteiger partial charge on any atom is 0.235 e. The van der Waals surface area contributed by atoms with E-state index in [9.17, 15) is 4.79 Å². The molecule has 1 N–H and O–H groups in total. The van der Waals surface area contributed by atoms with Gasteiger partial charge in [0.25, 0.3) is 0 Å². The number of hydrogen-bond donors (Lipinski definition) is 1. The first-order valence-electron chi connectivity index (χ1n) is 8.29. The van der Waals surface area contributed by atoms with Gasteiger partial charge in [-0.15, -0.1) is 10.2 Å². The van der Waals surface area contributed by atoms with Crippen molar-refractivity contribution >= 4 is 5.91 Å². The molecule has 5 heteroatoms. The number of nitrogens with one attached hydrogen (secondary N) is 1. The second-order valence-corrected chi connectivity index (χ2v) is 6.02. The molecule has 25 heavy (non-hydrogen) atoms. The highest BCUT2D eigenvalue weighted by Crippen LogP contribution is 2.30. The normalized spacial score (nSPS) is 11.9. The summed E-state index contributed by atoms with van der Waals surface area (Å²) < 4.78 is 5.29. The third kappa shape index (κ3) is 4.32. The highest BCUT2D eigenvalue weighted by molar-refractivity contribution is 5.77. The van der Waals surface area contributed by atoms with Crippen LogP contribution in [0.25, 0.3) is 0 Å². The van der Waals surface area contributed by atoms with Crippen LogP contribution in [0.2, 0.25) is 0 Å². The van der Waals surface area contributed by atoms with Crippen LogP contribution in [0, 0.1) is 13.8 Å². The largest absolute Gasteiger partial charge is 0.424 e. The van der Waals surface area contributed by atoms with Gasteiger partial charge in [-0.2, -0.15) is 0 Å². The van der Waals surface area contributed by atoms with E-state index < -0.39 is 0 Å². The molecule has 1 aromatic heterocycles. The van der Waals surface area contributed by atoms with Gasteiger partial charge >= 0.3 is 0 Å². The zero-order chi connectivity index (χ0) is 17.6. The first kappa shape index (κ1) is 16.9. The molecule has 1 atom stereocenters. The third-order valence-corrected chi connectivity index (χ3v) is 4.16. The van der Waals surface area contributed by atoms with Gasteiger partial charge in [0, 0.05) is 19.3 Å². The van der Waals surface area contributed by atoms with E-state index in [0.717, 1.165) is 11.1 Å². The second kappa shape index (κ2) is 7.75. The van der Waals surface area contributed by atoms with E-state index >= 15 is 0 Å². The van der Waals surface area contributed by atoms with Crippen molar-refractivity contribution in [1.29, 1.82) is 0 Å². The Bertz CT molecular complexity index is 843. The van der Waals surface area contributed by atoms with Crippen LogP contribution >= 0.6 is 0 Å². The molecule has 0 saturated heterocycles. The summed E-state index contributed by atoms with van der Waals surface area (Å²) in [7, 11) is 0. The second-order valence-electron chi connectivity index (χ2n) is 6.02. The Morgan fingerprint density at radius 1 is 1.04 bits per heavy atom. The van der Waals surface area contributed by atoms with Gasteiger partial charge in [-0.05, 0) is 23.6 Å². The van der Waals surface area contributed by atoms with E-state index in [-0.39, 0.29) is 18.4 Å². The monoisotopic (exact) mass is 335 g/mol. The summed E-state index contributed by atoms with van der Waals surface area (Å²) >= 11 is 0. The summed E-state index contributed by atoms with van der Waals surface area (Å²) in [6.07, 6.45) is 0.363. The quantitative estimate of drug-likeness (QED) is 0.748. The minimum atomic E-state index is -0.0482. The lowest BCUT2D eigenvalue weighted by atomic mass is 9.86. The highest BCUT2D eigenvalue weighted by atomic mass is 16.4. The Morgan fingerprint density at radius 3 is 2.44 bits per heavy atom. The number of nitrogens with zero attached hydrogens (tertiary/aromatic N) is 2. The molecule has 2 aromatic carbocycles. The van der Waals surface area contributed by atoms with Gasteiger partial charge in [0.05, 0.1) is 6.54 Å². The molecule has 1 heterocycles. The number of carbonyl (C=O) groups excluding carboxylic acids is 1. The topological polar surface area (TPSA) is 68.0 Å². The standard InChI is InChI=1S/C20H21N3O2/c1-14-8-6-7-11-17(14)18(16-9-4-3-5-10-16)12-19(24)21-13-20-23-22-15(2)25-20/h3-11,18H,12-13H2,1-2H3,(H,21,24). The molecule has 1 amide bonds. The first-order chi connectivity index (χ1) is 12.1. The van der Waals surface area contributed by atoms with Crippen LogP contribution in [0.15, 0.2) is 59.0 Å². The average Bonchev–Trinajstić information content (AvgIpc) is 3.05. The molecule has 0 spiro atoms. The molecule has 1 unspecified atom stereocenters. The van der Waals surface area contributed by atoms with E-state index in [4.69, 9.17) is 4.42 Å². The predicted molar refractivity (Wildman–Crippen MR) is 95.0 cm³/mol. The molecular weight excluding hydrogens is 314 g/mol. The molecule has 0 aliphatic carbocycles. The highest BCUT2D eigenvalue weighted by Gasteiger charge is 2.20. The Kier molecular flexibility index (Phi) is 5.23. The van der Waals surface area contributed by atoms with Gasteiger partial charge in [-0.3, -0.25) is 4.79 Å². The molecular formula is C20H21N3O2. The van der Waals surface area contributed by atoms with E-state index in [1.807, 2.05) is 30.3 Å². The molecule has 0 aliphatic heterocycles. The molecule has 0 saturated carbocycles. The number of rotatable bonds is 6. The van der Waals surface area contributed by atoms with Crippen LogP contribution in [0.3, 0.4) is 0 Å². The van der Waals surface area contributed by atoms with Crippen molar-refractivity contribution in [3.63, 3.8) is 0 Å². The van der Waals surface area contributed by atoms with Crippen LogP contribution < -0.4 is 5.32 Å². The fourth-order valence-corrected chi connectivity index (χ4v) is 2.91. The average molecular weight is 335 g/mol. The summed E-state index contributed by atoms with van der Waals surface area (Å²) in [5.41, 5.74) is 3.47. The number of carbonyl (C=O) groups is 1. The van der Waals surface area contributed by atoms with E-state index in [0.29, 0.717) is 18.2 Å². The zero-order valence-electron chi connectivity index (χ0n) is 14.4. The van der Waals surface area contributed by atoms with Crippen molar-refractivity contribution in [2.24, 2.45) is 0 Å². The number of aryl methyl sites for hydroxylation is 2. The van der Waals surface area contributed by atoms with Crippen LogP contribution in [-0.4, -0.2) is 16.1 Å². The summed E-state index contributed by atoms with van der Waals surface area (Å²) in [6, 6.07) is 18.3. The van der Waals surface area contributed by atoms with Crippen molar-refractivity contribution in [3.8, 4) is 0 Å². The van der Waals surface area contributed by atoms with Crippen molar-refractivity contribution in [2.75, 3.05) is 0 Å². The SMILES string of the molecule is Cc1nnc(CNC(=O)CC(c2ccccc2)c2ccccc2C)o1. The number of aromatic nitrogens is 2. The maximum absolute atomic E-state index is 12.5. The van der Waals surface area contributed by atoms with Gasteiger partial charge in [-0.1, -0.05) is 54.6 Å². The van der Waals surface area contributed by atoms with Crippen LogP contribution in [0.5, 0.6) is 0 Å². The molecule has 128 valence electrons. The van der Waals surface area contributed by atoms with Gasteiger partial charge in [0.1, 0.15) is 0 Å². The van der Waals surface area contributed by atoms with Crippen molar-refractivity contribution in [3.05, 3.63) is 83.1 Å². The van der Waals surface area contributed by atoms with Gasteiger partial charge in [-0.25, -0.2) is 0 Å². The summed E-state index contributed by atoms with van der Waals surface area (Å²) in [5.74, 6) is 0.865. The van der Waals surface area contributed by atoms with Gasteiger partial charge < -0.3 is 9.73 Å². The van der Waals surface area contributed by atoms with Crippen LogP contribution in [0.1, 0.15) is 40.8 Å². The molecule has 0 bridgehead atoms. The van der Waals surface area contributed by atoms with Gasteiger partial charge in [0.2, 0.25) is 17.7 Å². The zero-order valence-corrected chi connectivity index (χ0v) is 14.4. The smallest absolute Gasteiger partial charge is 0.235 e. The van der Waals surface area contributed by atoms with Crippen molar-refractivity contribution in [1.82, 2.24) is 15.5 Å². The fourth-order valence-electron chi connectivity index (χ4n) is 2.91. The van der Waals surface area contributed by atoms with E-state index in [1.54, 1.807) is 6.92 Å². The number of amides is 1. The Labute approximate surface area is 147 Å². The molecule has 0 aliphatic rings. The molecule has 3 rings (SSSR count). The minimum Gasteiger partial charge on any atom is -0.424 e. The summed E-state index contributed by atoms with van der Waals surface area (Å²) in [6.45, 7) is 4.04. The third-order valence-electron chi connectivity index (χ3n) is 4.16. The number of hydrogen-bond acceptors (Lipinski definition) is 4. The van der Waals surface area contributed by atoms with E-state index in [2.05, 4.69) is 46.7 Å². The summed E-state index contributed by atoms with van der Waals surface area (Å²) in [5, 5.41) is 10.5. The Hall–Kier alpha value is -2.95. The Morgan fingerprint density at radius 2 is 1.76 bits per heavy atom. The predicted octanol–water partition coefficient (Wildman–Crippen LogP) is 3.52. The Balaban J connectivity index is 1.76. The van der Waals surface area contributed by atoms with Crippen molar-refractivity contribution < 1.29 is 9.21 Å². The molecule has 3 aromatic rings. The molecule has 0 fully saturated rings. The molecule has 5 nitrogen and oxygen atoms in total. The lowest BCUT2D eigenvalue weighted by Gasteiger charge is -2.19. The first-order valence-corrected chi connectivity index (χ1v) is 8.29. The lowest BCUT2D eigenvalue weighted by Crippen LogP contribution is -2.25. The van der Waals surface area contributed by atoms with Crippen molar-refractivity contribution in [2.45, 2.75) is 32.7 Å². The molecule has 0 radical (unpaired) electrons. The summed E-state index contributed by atoms with van der Waals surface area (Å²) in [4.78, 5) is 12.5. The maximum atomic E-state index is 12.5. The van der Waals surface area contributed by atoms with Crippen LogP contribution in [0.4, 0.5) is 0 Å². The van der Waals surface area contributed by atoms with E-state index in [1.165, 1.54) is 5.56 Å². The van der Waals surface area contributed by atoms with Gasteiger partial charge in [0.15, 0.2) is 0 Å². The lowest BCUT2D eigenvalue weighted by molar-refractivity contribution is -0.121. The van der Waals surface area contributed by atoms with Crippen LogP contribution in [-0.2, 0) is 11.3 Å². The fraction of sp³-hybridized carbons (Fsp3) is 0.250.